The van der Waals surface area contributed by atoms with Gasteiger partial charge in [0.15, 0.2) is 0 Å². The maximum absolute atomic E-state index is 12.2. The van der Waals surface area contributed by atoms with Crippen molar-refractivity contribution in [2.45, 2.75) is 38.6 Å². The molecule has 1 fully saturated rings. The second kappa shape index (κ2) is 3.96. The molecule has 16 heavy (non-hydrogen) atoms. The van der Waals surface area contributed by atoms with Gasteiger partial charge in [-0.2, -0.15) is 0 Å². The van der Waals surface area contributed by atoms with Crippen LogP contribution < -0.4 is 0 Å². The third-order valence-electron chi connectivity index (χ3n) is 3.94. The van der Waals surface area contributed by atoms with E-state index in [1.165, 1.54) is 24.1 Å². The molecule has 1 aromatic rings. The van der Waals surface area contributed by atoms with E-state index in [9.17, 15) is 4.79 Å². The van der Waals surface area contributed by atoms with Crippen molar-refractivity contribution in [1.29, 1.82) is 0 Å². The van der Waals surface area contributed by atoms with Crippen LogP contribution in [0, 0.1) is 5.92 Å². The highest BCUT2D eigenvalue weighted by atomic mass is 16.2. The number of carbonyl (C=O) groups is 1. The third-order valence-corrected chi connectivity index (χ3v) is 3.94. The fourth-order valence-electron chi connectivity index (χ4n) is 2.97. The molecule has 3 rings (SSSR count). The van der Waals surface area contributed by atoms with Gasteiger partial charge < -0.3 is 9.88 Å². The van der Waals surface area contributed by atoms with Gasteiger partial charge in [0.2, 0.25) is 5.91 Å². The Morgan fingerprint density at radius 3 is 3.00 bits per heavy atom. The molecule has 2 heterocycles. The van der Waals surface area contributed by atoms with Crippen molar-refractivity contribution in [1.82, 2.24) is 9.88 Å². The summed E-state index contributed by atoms with van der Waals surface area (Å²) in [6.45, 7) is 1.71. The highest BCUT2D eigenvalue weighted by Crippen LogP contribution is 2.28. The fourth-order valence-corrected chi connectivity index (χ4v) is 2.97. The van der Waals surface area contributed by atoms with Crippen molar-refractivity contribution in [3.05, 3.63) is 23.5 Å². The second-order valence-electron chi connectivity index (χ2n) is 4.97. The lowest BCUT2D eigenvalue weighted by atomic mass is 10.0. The summed E-state index contributed by atoms with van der Waals surface area (Å²) in [6.07, 6.45) is 7.65. The van der Waals surface area contributed by atoms with Crippen molar-refractivity contribution in [3.8, 4) is 0 Å². The molecular formula is C13H18N2O. The first-order chi connectivity index (χ1) is 7.84. The van der Waals surface area contributed by atoms with E-state index in [-0.39, 0.29) is 0 Å². The Labute approximate surface area is 95.8 Å². The van der Waals surface area contributed by atoms with Gasteiger partial charge in [0, 0.05) is 37.3 Å². The van der Waals surface area contributed by atoms with Crippen molar-refractivity contribution < 1.29 is 4.79 Å². The van der Waals surface area contributed by atoms with Gasteiger partial charge in [-0.05, 0) is 24.5 Å². The number of aromatic nitrogens is 1. The van der Waals surface area contributed by atoms with E-state index in [0.717, 1.165) is 32.4 Å². The average molecular weight is 218 g/mol. The SMILES string of the molecule is O=C(C1CCCC1)N1CCc2[nH]ccc2C1. The number of carbonyl (C=O) groups excluding carboxylic acids is 1. The predicted octanol–water partition coefficient (Wildman–Crippen LogP) is 2.09. The second-order valence-corrected chi connectivity index (χ2v) is 4.97. The van der Waals surface area contributed by atoms with Crippen LogP contribution in [-0.2, 0) is 17.8 Å². The summed E-state index contributed by atoms with van der Waals surface area (Å²) in [5.41, 5.74) is 2.62. The van der Waals surface area contributed by atoms with E-state index in [0.29, 0.717) is 11.8 Å². The number of hydrogen-bond donors (Lipinski definition) is 1. The number of fused-ring (bicyclic) bond motifs is 1. The average Bonchev–Trinajstić information content (AvgIpc) is 2.98. The summed E-state index contributed by atoms with van der Waals surface area (Å²) >= 11 is 0. The van der Waals surface area contributed by atoms with Crippen LogP contribution in [0.3, 0.4) is 0 Å². The van der Waals surface area contributed by atoms with E-state index in [1.807, 2.05) is 11.1 Å². The maximum atomic E-state index is 12.2. The van der Waals surface area contributed by atoms with Gasteiger partial charge in [0.1, 0.15) is 0 Å². The van der Waals surface area contributed by atoms with Gasteiger partial charge >= 0.3 is 0 Å². The smallest absolute Gasteiger partial charge is 0.225 e. The van der Waals surface area contributed by atoms with Gasteiger partial charge in [-0.1, -0.05) is 12.8 Å². The Morgan fingerprint density at radius 2 is 2.19 bits per heavy atom. The first kappa shape index (κ1) is 9.94. The zero-order chi connectivity index (χ0) is 11.0. The molecule has 0 atom stereocenters. The highest BCUT2D eigenvalue weighted by Gasteiger charge is 2.29. The molecule has 1 aliphatic carbocycles. The van der Waals surface area contributed by atoms with Crippen LogP contribution in [0.15, 0.2) is 12.3 Å². The van der Waals surface area contributed by atoms with Crippen LogP contribution >= 0.6 is 0 Å². The molecule has 2 aliphatic rings. The van der Waals surface area contributed by atoms with Crippen LogP contribution in [0.25, 0.3) is 0 Å². The lowest BCUT2D eigenvalue weighted by Gasteiger charge is -2.29. The Morgan fingerprint density at radius 1 is 1.38 bits per heavy atom. The van der Waals surface area contributed by atoms with Crippen LogP contribution in [0.1, 0.15) is 36.9 Å². The van der Waals surface area contributed by atoms with Crippen molar-refractivity contribution in [3.63, 3.8) is 0 Å². The lowest BCUT2D eigenvalue weighted by Crippen LogP contribution is -2.38. The maximum Gasteiger partial charge on any atom is 0.225 e. The molecule has 86 valence electrons. The number of rotatable bonds is 1. The van der Waals surface area contributed by atoms with Crippen LogP contribution in [-0.4, -0.2) is 22.3 Å². The minimum Gasteiger partial charge on any atom is -0.365 e. The molecule has 0 unspecified atom stereocenters. The van der Waals surface area contributed by atoms with E-state index < -0.39 is 0 Å². The summed E-state index contributed by atoms with van der Waals surface area (Å²) < 4.78 is 0. The molecule has 1 amide bonds. The molecule has 0 bridgehead atoms. The Hall–Kier alpha value is -1.25. The van der Waals surface area contributed by atoms with E-state index in [1.54, 1.807) is 0 Å². The van der Waals surface area contributed by atoms with Crippen LogP contribution in [0.4, 0.5) is 0 Å². The molecule has 0 radical (unpaired) electrons. The normalized spacial score (nSPS) is 21.1. The number of hydrogen-bond acceptors (Lipinski definition) is 1. The summed E-state index contributed by atoms with van der Waals surface area (Å²) in [7, 11) is 0. The molecule has 1 N–H and O–H groups in total. The standard InChI is InChI=1S/C13H18N2O/c16-13(10-3-1-2-4-10)15-8-6-12-11(9-15)5-7-14-12/h5,7,10,14H,1-4,6,8-9H2. The Kier molecular flexibility index (Phi) is 2.46. The number of amides is 1. The molecule has 0 saturated heterocycles. The summed E-state index contributed by atoms with van der Waals surface area (Å²) in [5, 5.41) is 0. The van der Waals surface area contributed by atoms with Crippen molar-refractivity contribution in [2.75, 3.05) is 6.54 Å². The summed E-state index contributed by atoms with van der Waals surface area (Å²) in [4.78, 5) is 17.5. The first-order valence-corrected chi connectivity index (χ1v) is 6.28. The van der Waals surface area contributed by atoms with Gasteiger partial charge in [-0.25, -0.2) is 0 Å². The molecular weight excluding hydrogens is 200 g/mol. The number of aromatic amines is 1. The number of nitrogens with one attached hydrogen (secondary N) is 1. The quantitative estimate of drug-likeness (QED) is 0.769. The fraction of sp³-hybridized carbons (Fsp3) is 0.615. The van der Waals surface area contributed by atoms with Crippen molar-refractivity contribution >= 4 is 5.91 Å². The molecule has 3 heteroatoms. The molecule has 0 spiro atoms. The summed E-state index contributed by atoms with van der Waals surface area (Å²) in [6, 6.07) is 2.10. The Balaban J connectivity index is 1.71. The molecule has 1 aromatic heterocycles. The number of nitrogens with zero attached hydrogens (tertiary/aromatic N) is 1. The minimum atomic E-state index is 0.320. The van der Waals surface area contributed by atoms with Crippen LogP contribution in [0.2, 0.25) is 0 Å². The minimum absolute atomic E-state index is 0.320. The van der Waals surface area contributed by atoms with Gasteiger partial charge in [-0.15, -0.1) is 0 Å². The molecule has 3 nitrogen and oxygen atoms in total. The molecule has 1 aliphatic heterocycles. The van der Waals surface area contributed by atoms with E-state index in [4.69, 9.17) is 0 Å². The summed E-state index contributed by atoms with van der Waals surface area (Å²) in [5.74, 6) is 0.713. The zero-order valence-electron chi connectivity index (χ0n) is 9.54. The molecule has 0 aromatic carbocycles. The van der Waals surface area contributed by atoms with Gasteiger partial charge in [0.05, 0.1) is 0 Å². The topological polar surface area (TPSA) is 36.1 Å². The van der Waals surface area contributed by atoms with Crippen LogP contribution in [0.5, 0.6) is 0 Å². The first-order valence-electron chi connectivity index (χ1n) is 6.28. The van der Waals surface area contributed by atoms with Crippen molar-refractivity contribution in [2.24, 2.45) is 5.92 Å². The van der Waals surface area contributed by atoms with Gasteiger partial charge in [0.25, 0.3) is 0 Å². The van der Waals surface area contributed by atoms with E-state index in [2.05, 4.69) is 11.1 Å². The molecule has 1 saturated carbocycles. The third kappa shape index (κ3) is 1.64. The predicted molar refractivity (Wildman–Crippen MR) is 61.9 cm³/mol. The zero-order valence-corrected chi connectivity index (χ0v) is 9.54. The highest BCUT2D eigenvalue weighted by molar-refractivity contribution is 5.79. The van der Waals surface area contributed by atoms with E-state index >= 15 is 0 Å². The monoisotopic (exact) mass is 218 g/mol. The van der Waals surface area contributed by atoms with Gasteiger partial charge in [-0.3, -0.25) is 4.79 Å². The number of H-pyrrole nitrogens is 1. The largest absolute Gasteiger partial charge is 0.365 e. The lowest BCUT2D eigenvalue weighted by molar-refractivity contribution is -0.136. The Bertz CT molecular complexity index is 390.